The van der Waals surface area contributed by atoms with E-state index in [2.05, 4.69) is 22.1 Å². The van der Waals surface area contributed by atoms with E-state index in [0.29, 0.717) is 12.2 Å². The van der Waals surface area contributed by atoms with Gasteiger partial charge in [0.05, 0.1) is 11.3 Å². The third kappa shape index (κ3) is 4.30. The van der Waals surface area contributed by atoms with E-state index < -0.39 is 0 Å². The molecule has 0 aliphatic carbocycles. The highest BCUT2D eigenvalue weighted by atomic mass is 16.5. The zero-order valence-electron chi connectivity index (χ0n) is 18.3. The number of allylic oxidation sites excluding steroid dienone is 1. The first-order valence-corrected chi connectivity index (χ1v) is 11.2. The van der Waals surface area contributed by atoms with Crippen molar-refractivity contribution < 1.29 is 9.53 Å². The van der Waals surface area contributed by atoms with Crippen molar-refractivity contribution in [2.75, 3.05) is 31.6 Å². The SMILES string of the molecule is CC1=C(CN2CCCC2)COc2cc(NC(=O)c3ccc(-c4ccccc4)nc3)ccc21. The van der Waals surface area contributed by atoms with Crippen LogP contribution in [0.15, 0.2) is 72.4 Å². The summed E-state index contributed by atoms with van der Waals surface area (Å²) in [6, 6.07) is 19.5. The summed E-state index contributed by atoms with van der Waals surface area (Å²) in [4.78, 5) is 19.7. The number of hydrogen-bond donors (Lipinski definition) is 1. The van der Waals surface area contributed by atoms with Gasteiger partial charge in [0.15, 0.2) is 0 Å². The van der Waals surface area contributed by atoms with E-state index in [4.69, 9.17) is 4.74 Å². The molecule has 5 rings (SSSR count). The lowest BCUT2D eigenvalue weighted by Gasteiger charge is -2.26. The summed E-state index contributed by atoms with van der Waals surface area (Å²) in [7, 11) is 0. The van der Waals surface area contributed by atoms with Gasteiger partial charge in [0.25, 0.3) is 5.91 Å². The highest BCUT2D eigenvalue weighted by molar-refractivity contribution is 6.04. The molecule has 2 aliphatic heterocycles. The van der Waals surface area contributed by atoms with Crippen LogP contribution < -0.4 is 10.1 Å². The van der Waals surface area contributed by atoms with Gasteiger partial charge in [-0.1, -0.05) is 30.3 Å². The molecule has 0 saturated carbocycles. The van der Waals surface area contributed by atoms with E-state index in [-0.39, 0.29) is 5.91 Å². The summed E-state index contributed by atoms with van der Waals surface area (Å²) in [6.45, 7) is 6.11. The summed E-state index contributed by atoms with van der Waals surface area (Å²) in [5.74, 6) is 0.637. The quantitative estimate of drug-likeness (QED) is 0.606. The number of hydrogen-bond acceptors (Lipinski definition) is 4. The lowest BCUT2D eigenvalue weighted by Crippen LogP contribution is -2.26. The van der Waals surface area contributed by atoms with Gasteiger partial charge in [0.2, 0.25) is 0 Å². The van der Waals surface area contributed by atoms with Crippen LogP contribution in [-0.2, 0) is 0 Å². The Morgan fingerprint density at radius 3 is 2.62 bits per heavy atom. The number of likely N-dealkylation sites (tertiary alicyclic amines) is 1. The molecule has 1 amide bonds. The van der Waals surface area contributed by atoms with Gasteiger partial charge in [0, 0.05) is 35.6 Å². The van der Waals surface area contributed by atoms with Gasteiger partial charge in [-0.2, -0.15) is 0 Å². The first kappa shape index (κ1) is 20.5. The number of ether oxygens (including phenoxy) is 1. The molecule has 0 atom stereocenters. The second-order valence-corrected chi connectivity index (χ2v) is 8.46. The Labute approximate surface area is 188 Å². The Balaban J connectivity index is 1.28. The molecule has 162 valence electrons. The molecular formula is C27H27N3O2. The van der Waals surface area contributed by atoms with Gasteiger partial charge in [-0.15, -0.1) is 0 Å². The Bertz CT molecular complexity index is 1150. The Kier molecular flexibility index (Phi) is 5.73. The molecule has 1 N–H and O–H groups in total. The molecule has 0 unspecified atom stereocenters. The van der Waals surface area contributed by atoms with Crippen LogP contribution in [0, 0.1) is 0 Å². The predicted octanol–water partition coefficient (Wildman–Crippen LogP) is 5.26. The van der Waals surface area contributed by atoms with Crippen molar-refractivity contribution in [3.05, 3.63) is 83.6 Å². The number of fused-ring (bicyclic) bond motifs is 1. The van der Waals surface area contributed by atoms with Crippen molar-refractivity contribution in [1.29, 1.82) is 0 Å². The summed E-state index contributed by atoms with van der Waals surface area (Å²) in [5, 5.41) is 2.97. The Morgan fingerprint density at radius 1 is 1.06 bits per heavy atom. The van der Waals surface area contributed by atoms with Crippen LogP contribution in [0.4, 0.5) is 5.69 Å². The molecule has 0 spiro atoms. The minimum Gasteiger partial charge on any atom is -0.488 e. The number of amides is 1. The molecule has 0 bridgehead atoms. The van der Waals surface area contributed by atoms with Crippen LogP contribution in [0.1, 0.15) is 35.7 Å². The smallest absolute Gasteiger partial charge is 0.257 e. The number of carbonyl (C=O) groups is 1. The van der Waals surface area contributed by atoms with E-state index >= 15 is 0 Å². The van der Waals surface area contributed by atoms with E-state index in [1.807, 2.05) is 54.6 Å². The van der Waals surface area contributed by atoms with Gasteiger partial charge < -0.3 is 10.1 Å². The number of carbonyl (C=O) groups excluding carboxylic acids is 1. The van der Waals surface area contributed by atoms with Gasteiger partial charge in [-0.3, -0.25) is 14.7 Å². The number of rotatable bonds is 5. The fraction of sp³-hybridized carbons (Fsp3) is 0.259. The number of benzene rings is 2. The lowest BCUT2D eigenvalue weighted by molar-refractivity contribution is 0.102. The molecule has 3 aromatic rings. The van der Waals surface area contributed by atoms with Crippen molar-refractivity contribution in [2.24, 2.45) is 0 Å². The van der Waals surface area contributed by atoms with Crippen molar-refractivity contribution >= 4 is 17.2 Å². The van der Waals surface area contributed by atoms with Crippen LogP contribution in [0.25, 0.3) is 16.8 Å². The Morgan fingerprint density at radius 2 is 1.88 bits per heavy atom. The molecule has 5 heteroatoms. The van der Waals surface area contributed by atoms with Crippen LogP contribution in [-0.4, -0.2) is 42.0 Å². The predicted molar refractivity (Wildman–Crippen MR) is 128 cm³/mol. The third-order valence-corrected chi connectivity index (χ3v) is 6.28. The largest absolute Gasteiger partial charge is 0.488 e. The molecule has 0 radical (unpaired) electrons. The van der Waals surface area contributed by atoms with E-state index in [0.717, 1.165) is 34.8 Å². The normalized spacial score (nSPS) is 15.9. The second-order valence-electron chi connectivity index (χ2n) is 8.46. The van der Waals surface area contributed by atoms with Crippen LogP contribution in [0.5, 0.6) is 5.75 Å². The fourth-order valence-corrected chi connectivity index (χ4v) is 4.38. The Hall–Kier alpha value is -3.44. The minimum atomic E-state index is -0.185. The zero-order chi connectivity index (χ0) is 21.9. The lowest BCUT2D eigenvalue weighted by atomic mass is 9.97. The maximum absolute atomic E-state index is 12.7. The van der Waals surface area contributed by atoms with Crippen molar-refractivity contribution in [2.45, 2.75) is 19.8 Å². The number of pyridine rings is 1. The molecular weight excluding hydrogens is 398 g/mol. The van der Waals surface area contributed by atoms with Gasteiger partial charge in [-0.05, 0) is 68.3 Å². The molecule has 1 saturated heterocycles. The molecule has 3 heterocycles. The van der Waals surface area contributed by atoms with Crippen molar-refractivity contribution in [3.63, 3.8) is 0 Å². The highest BCUT2D eigenvalue weighted by Crippen LogP contribution is 2.35. The molecule has 2 aromatic carbocycles. The summed E-state index contributed by atoms with van der Waals surface area (Å²) < 4.78 is 6.06. The molecule has 1 fully saturated rings. The maximum atomic E-state index is 12.7. The van der Waals surface area contributed by atoms with E-state index in [1.54, 1.807) is 12.3 Å². The summed E-state index contributed by atoms with van der Waals surface area (Å²) >= 11 is 0. The molecule has 1 aromatic heterocycles. The molecule has 2 aliphatic rings. The molecule has 32 heavy (non-hydrogen) atoms. The van der Waals surface area contributed by atoms with Crippen LogP contribution >= 0.6 is 0 Å². The highest BCUT2D eigenvalue weighted by Gasteiger charge is 2.21. The van der Waals surface area contributed by atoms with E-state index in [1.165, 1.54) is 37.1 Å². The minimum absolute atomic E-state index is 0.185. The topological polar surface area (TPSA) is 54.5 Å². The number of nitrogens with zero attached hydrogens (tertiary/aromatic N) is 2. The van der Waals surface area contributed by atoms with Crippen LogP contribution in [0.3, 0.4) is 0 Å². The van der Waals surface area contributed by atoms with Crippen molar-refractivity contribution in [3.8, 4) is 17.0 Å². The average Bonchev–Trinajstić information content (AvgIpc) is 3.35. The molecule has 5 nitrogen and oxygen atoms in total. The average molecular weight is 426 g/mol. The first-order valence-electron chi connectivity index (χ1n) is 11.2. The zero-order valence-corrected chi connectivity index (χ0v) is 18.3. The summed E-state index contributed by atoms with van der Waals surface area (Å²) in [6.07, 6.45) is 4.19. The summed E-state index contributed by atoms with van der Waals surface area (Å²) in [5.41, 5.74) is 6.86. The van der Waals surface area contributed by atoms with Gasteiger partial charge in [-0.25, -0.2) is 0 Å². The number of nitrogens with one attached hydrogen (secondary N) is 1. The van der Waals surface area contributed by atoms with Gasteiger partial charge >= 0.3 is 0 Å². The monoisotopic (exact) mass is 425 g/mol. The van der Waals surface area contributed by atoms with E-state index in [9.17, 15) is 4.79 Å². The van der Waals surface area contributed by atoms with Crippen LogP contribution in [0.2, 0.25) is 0 Å². The standard InChI is InChI=1S/C27H27N3O2/c1-19-22(17-30-13-5-6-14-30)18-32-26-15-23(10-11-24(19)26)29-27(31)21-9-12-25(28-16-21)20-7-3-2-4-8-20/h2-4,7-12,15-16H,5-6,13-14,17-18H2,1H3,(H,29,31). The van der Waals surface area contributed by atoms with Gasteiger partial charge in [0.1, 0.15) is 12.4 Å². The number of aromatic nitrogens is 1. The number of anilines is 1. The van der Waals surface area contributed by atoms with Crippen molar-refractivity contribution in [1.82, 2.24) is 9.88 Å². The second kappa shape index (κ2) is 8.97. The first-order chi connectivity index (χ1) is 15.7. The maximum Gasteiger partial charge on any atom is 0.257 e. The fourth-order valence-electron chi connectivity index (χ4n) is 4.38. The third-order valence-electron chi connectivity index (χ3n) is 6.28.